The van der Waals surface area contributed by atoms with Gasteiger partial charge in [0.1, 0.15) is 5.75 Å². The number of rotatable bonds is 7. The van der Waals surface area contributed by atoms with Crippen LogP contribution in [0.3, 0.4) is 0 Å². The number of aryl methyl sites for hydroxylation is 1. The molecule has 2 aromatic carbocycles. The highest BCUT2D eigenvalue weighted by Crippen LogP contribution is 2.24. The normalized spacial score (nSPS) is 11.6. The first-order valence-electron chi connectivity index (χ1n) is 8.46. The van der Waals surface area contributed by atoms with Crippen molar-refractivity contribution in [2.75, 3.05) is 7.11 Å². The summed E-state index contributed by atoms with van der Waals surface area (Å²) < 4.78 is 5.19. The van der Waals surface area contributed by atoms with Crippen LogP contribution in [-0.2, 0) is 11.2 Å². The Hall–Kier alpha value is -2.80. The molecule has 1 unspecified atom stereocenters. The molecular weight excluding hydrogens is 312 g/mol. The van der Waals surface area contributed by atoms with Gasteiger partial charge in [-0.05, 0) is 47.7 Å². The number of nitrogens with one attached hydrogen (secondary N) is 1. The Bertz CT molecular complexity index is 728. The van der Waals surface area contributed by atoms with E-state index in [1.54, 1.807) is 19.2 Å². The summed E-state index contributed by atoms with van der Waals surface area (Å²) in [5.41, 5.74) is 2.76. The van der Waals surface area contributed by atoms with E-state index in [1.165, 1.54) is 0 Å². The highest BCUT2D eigenvalue weighted by atomic mass is 16.5. The van der Waals surface area contributed by atoms with Gasteiger partial charge in [-0.15, -0.1) is 0 Å². The smallest absolute Gasteiger partial charge is 0.220 e. The molecule has 2 aromatic rings. The molecule has 0 aliphatic rings. The van der Waals surface area contributed by atoms with Gasteiger partial charge in [-0.2, -0.15) is 5.26 Å². The Morgan fingerprint density at radius 2 is 1.76 bits per heavy atom. The first-order valence-corrected chi connectivity index (χ1v) is 8.46. The van der Waals surface area contributed by atoms with E-state index in [0.717, 1.165) is 16.9 Å². The average Bonchev–Trinajstić information content (AvgIpc) is 2.64. The summed E-state index contributed by atoms with van der Waals surface area (Å²) >= 11 is 0. The zero-order chi connectivity index (χ0) is 18.2. The second-order valence-electron chi connectivity index (χ2n) is 6.37. The maximum absolute atomic E-state index is 12.4. The highest BCUT2D eigenvalue weighted by Gasteiger charge is 2.18. The quantitative estimate of drug-likeness (QED) is 0.831. The van der Waals surface area contributed by atoms with Gasteiger partial charge in [0.15, 0.2) is 0 Å². The minimum absolute atomic E-state index is 0.0267. The van der Waals surface area contributed by atoms with Gasteiger partial charge in [0, 0.05) is 6.42 Å². The molecule has 0 fully saturated rings. The number of nitriles is 1. The molecule has 0 bridgehead atoms. The van der Waals surface area contributed by atoms with Gasteiger partial charge in [-0.1, -0.05) is 38.1 Å². The largest absolute Gasteiger partial charge is 0.497 e. The Kier molecular flexibility index (Phi) is 6.59. The van der Waals surface area contributed by atoms with E-state index < -0.39 is 0 Å². The summed E-state index contributed by atoms with van der Waals surface area (Å²) in [5, 5.41) is 11.9. The van der Waals surface area contributed by atoms with Gasteiger partial charge in [0.25, 0.3) is 0 Å². The Labute approximate surface area is 149 Å². The maximum Gasteiger partial charge on any atom is 0.220 e. The van der Waals surface area contributed by atoms with Gasteiger partial charge < -0.3 is 10.1 Å². The molecule has 0 spiro atoms. The van der Waals surface area contributed by atoms with Crippen LogP contribution in [0, 0.1) is 17.2 Å². The number of benzene rings is 2. The zero-order valence-corrected chi connectivity index (χ0v) is 15.0. The Balaban J connectivity index is 1.96. The number of methoxy groups -OCH3 is 1. The van der Waals surface area contributed by atoms with Crippen molar-refractivity contribution in [1.29, 1.82) is 5.26 Å². The third-order valence-corrected chi connectivity index (χ3v) is 4.18. The number of ether oxygens (including phenoxy) is 1. The van der Waals surface area contributed by atoms with Crippen molar-refractivity contribution >= 4 is 5.91 Å². The van der Waals surface area contributed by atoms with Crippen LogP contribution in [0.5, 0.6) is 5.75 Å². The fourth-order valence-corrected chi connectivity index (χ4v) is 2.70. The number of hydrogen-bond donors (Lipinski definition) is 1. The molecular formula is C21H24N2O2. The number of carbonyl (C=O) groups is 1. The van der Waals surface area contributed by atoms with E-state index in [2.05, 4.69) is 25.2 Å². The second kappa shape index (κ2) is 8.89. The standard InChI is InChI=1S/C21H24N2O2/c1-15(2)21(18-9-11-19(25-3)12-10-18)23-20(24)13-8-16-4-6-17(14-22)7-5-16/h4-7,9-12,15,21H,8,13H2,1-3H3,(H,23,24). The lowest BCUT2D eigenvalue weighted by atomic mass is 9.95. The Morgan fingerprint density at radius 1 is 1.12 bits per heavy atom. The molecule has 4 heteroatoms. The fourth-order valence-electron chi connectivity index (χ4n) is 2.70. The van der Waals surface area contributed by atoms with Crippen LogP contribution in [0.15, 0.2) is 48.5 Å². The van der Waals surface area contributed by atoms with E-state index >= 15 is 0 Å². The number of hydrogen-bond acceptors (Lipinski definition) is 3. The van der Waals surface area contributed by atoms with Crippen molar-refractivity contribution in [3.8, 4) is 11.8 Å². The van der Waals surface area contributed by atoms with Crippen molar-refractivity contribution in [3.05, 3.63) is 65.2 Å². The van der Waals surface area contributed by atoms with Crippen LogP contribution in [0.25, 0.3) is 0 Å². The molecule has 1 atom stereocenters. The summed E-state index contributed by atoms with van der Waals surface area (Å²) in [5.74, 6) is 1.12. The summed E-state index contributed by atoms with van der Waals surface area (Å²) in [4.78, 5) is 12.4. The predicted octanol–water partition coefficient (Wildman–Crippen LogP) is 4.01. The first kappa shape index (κ1) is 18.5. The first-order chi connectivity index (χ1) is 12.0. The molecule has 25 heavy (non-hydrogen) atoms. The lowest BCUT2D eigenvalue weighted by molar-refractivity contribution is -0.122. The highest BCUT2D eigenvalue weighted by molar-refractivity contribution is 5.76. The molecule has 1 N–H and O–H groups in total. The van der Waals surface area contributed by atoms with Crippen LogP contribution in [0.4, 0.5) is 0 Å². The molecule has 1 amide bonds. The molecule has 4 nitrogen and oxygen atoms in total. The molecule has 0 aliphatic heterocycles. The number of nitrogens with zero attached hydrogens (tertiary/aromatic N) is 1. The summed E-state index contributed by atoms with van der Waals surface area (Å²) in [6, 6.07) is 17.2. The van der Waals surface area contributed by atoms with Crippen molar-refractivity contribution in [2.45, 2.75) is 32.7 Å². The van der Waals surface area contributed by atoms with Gasteiger partial charge in [-0.3, -0.25) is 4.79 Å². The fraction of sp³-hybridized carbons (Fsp3) is 0.333. The molecule has 0 saturated heterocycles. The van der Waals surface area contributed by atoms with Gasteiger partial charge in [-0.25, -0.2) is 0 Å². The van der Waals surface area contributed by atoms with Crippen LogP contribution in [0.2, 0.25) is 0 Å². The predicted molar refractivity (Wildman–Crippen MR) is 98.2 cm³/mol. The van der Waals surface area contributed by atoms with Crippen LogP contribution in [-0.4, -0.2) is 13.0 Å². The van der Waals surface area contributed by atoms with E-state index in [-0.39, 0.29) is 17.9 Å². The maximum atomic E-state index is 12.4. The molecule has 0 aromatic heterocycles. The Morgan fingerprint density at radius 3 is 2.28 bits per heavy atom. The van der Waals surface area contributed by atoms with Gasteiger partial charge in [0.2, 0.25) is 5.91 Å². The topological polar surface area (TPSA) is 62.1 Å². The van der Waals surface area contributed by atoms with Crippen molar-refractivity contribution in [2.24, 2.45) is 5.92 Å². The van der Waals surface area contributed by atoms with Crippen molar-refractivity contribution < 1.29 is 9.53 Å². The van der Waals surface area contributed by atoms with Crippen LogP contribution in [0.1, 0.15) is 43.0 Å². The minimum atomic E-state index is -0.0284. The molecule has 0 saturated carbocycles. The van der Waals surface area contributed by atoms with Gasteiger partial charge in [0.05, 0.1) is 24.8 Å². The minimum Gasteiger partial charge on any atom is -0.497 e. The van der Waals surface area contributed by atoms with Crippen LogP contribution < -0.4 is 10.1 Å². The van der Waals surface area contributed by atoms with Gasteiger partial charge >= 0.3 is 0 Å². The third kappa shape index (κ3) is 5.36. The lowest BCUT2D eigenvalue weighted by Crippen LogP contribution is -2.31. The van der Waals surface area contributed by atoms with E-state index in [9.17, 15) is 4.79 Å². The van der Waals surface area contributed by atoms with Crippen LogP contribution >= 0.6 is 0 Å². The average molecular weight is 336 g/mol. The molecule has 0 aliphatic carbocycles. The SMILES string of the molecule is COc1ccc(C(NC(=O)CCc2ccc(C#N)cc2)C(C)C)cc1. The molecule has 2 rings (SSSR count). The van der Waals surface area contributed by atoms with Crippen molar-refractivity contribution in [3.63, 3.8) is 0 Å². The molecule has 130 valence electrons. The molecule has 0 radical (unpaired) electrons. The third-order valence-electron chi connectivity index (χ3n) is 4.18. The zero-order valence-electron chi connectivity index (χ0n) is 15.0. The van der Waals surface area contributed by atoms with E-state index in [4.69, 9.17) is 10.00 Å². The monoisotopic (exact) mass is 336 g/mol. The van der Waals surface area contributed by atoms with E-state index in [0.29, 0.717) is 18.4 Å². The second-order valence-corrected chi connectivity index (χ2v) is 6.37. The van der Waals surface area contributed by atoms with Crippen molar-refractivity contribution in [1.82, 2.24) is 5.32 Å². The summed E-state index contributed by atoms with van der Waals surface area (Å²) in [6.45, 7) is 4.19. The molecule has 0 heterocycles. The summed E-state index contributed by atoms with van der Waals surface area (Å²) in [7, 11) is 1.64. The lowest BCUT2D eigenvalue weighted by Gasteiger charge is -2.23. The number of carbonyl (C=O) groups excluding carboxylic acids is 1. The summed E-state index contributed by atoms with van der Waals surface area (Å²) in [6.07, 6.45) is 1.08. The van der Waals surface area contributed by atoms with E-state index in [1.807, 2.05) is 36.4 Å². The number of amides is 1.